The number of aromatic amines is 1. The molecule has 90 valence electrons. The number of H-pyrrole nitrogens is 1. The molecule has 1 unspecified atom stereocenters. The minimum absolute atomic E-state index is 0.118. The molecule has 0 aliphatic rings. The molecular weight excluding hydrogens is 214 g/mol. The number of nitrogens with zero attached hydrogens (tertiary/aromatic N) is 1. The maximum absolute atomic E-state index is 11.4. The van der Waals surface area contributed by atoms with Crippen LogP contribution in [0.1, 0.15) is 20.3 Å². The van der Waals surface area contributed by atoms with Crippen LogP contribution in [-0.2, 0) is 0 Å². The molecule has 4 heteroatoms. The smallest absolute Gasteiger partial charge is 0.330 e. The highest BCUT2D eigenvalue weighted by Gasteiger charge is 2.01. The second-order valence-electron chi connectivity index (χ2n) is 4.14. The lowest BCUT2D eigenvalue weighted by atomic mass is 10.2. The summed E-state index contributed by atoms with van der Waals surface area (Å²) in [5.41, 5.74) is 1.82. The summed E-state index contributed by atoms with van der Waals surface area (Å²) in [5.74, 6) is 0. The van der Waals surface area contributed by atoms with Crippen LogP contribution in [0.3, 0.4) is 0 Å². The summed E-state index contributed by atoms with van der Waals surface area (Å²) in [5, 5.41) is 3.38. The van der Waals surface area contributed by atoms with Gasteiger partial charge in [-0.25, -0.2) is 4.79 Å². The van der Waals surface area contributed by atoms with Gasteiger partial charge >= 0.3 is 5.69 Å². The van der Waals surface area contributed by atoms with E-state index >= 15 is 0 Å². The quantitative estimate of drug-likeness (QED) is 0.848. The zero-order chi connectivity index (χ0) is 12.3. The van der Waals surface area contributed by atoms with E-state index < -0.39 is 0 Å². The molecule has 2 aromatic rings. The van der Waals surface area contributed by atoms with Crippen LogP contribution in [0.15, 0.2) is 41.5 Å². The number of imidazole rings is 1. The Labute approximate surface area is 100 Å². The second-order valence-corrected chi connectivity index (χ2v) is 4.14. The van der Waals surface area contributed by atoms with Gasteiger partial charge < -0.3 is 10.3 Å². The van der Waals surface area contributed by atoms with Crippen LogP contribution >= 0.6 is 0 Å². The fourth-order valence-corrected chi connectivity index (χ4v) is 1.63. The van der Waals surface area contributed by atoms with Crippen molar-refractivity contribution in [3.63, 3.8) is 0 Å². The predicted molar refractivity (Wildman–Crippen MR) is 69.8 cm³/mol. The SMILES string of the molecule is CCC(C)Nc1ccc(-n2cc[nH]c2=O)cc1. The summed E-state index contributed by atoms with van der Waals surface area (Å²) in [4.78, 5) is 14.0. The number of anilines is 1. The van der Waals surface area contributed by atoms with Gasteiger partial charge in [-0.15, -0.1) is 0 Å². The van der Waals surface area contributed by atoms with Crippen molar-refractivity contribution in [2.24, 2.45) is 0 Å². The van der Waals surface area contributed by atoms with Crippen LogP contribution in [-0.4, -0.2) is 15.6 Å². The van der Waals surface area contributed by atoms with E-state index in [1.165, 1.54) is 0 Å². The third kappa shape index (κ3) is 2.58. The molecule has 0 amide bonds. The lowest BCUT2D eigenvalue weighted by molar-refractivity contribution is 0.764. The van der Waals surface area contributed by atoms with E-state index in [-0.39, 0.29) is 5.69 Å². The maximum atomic E-state index is 11.4. The Balaban J connectivity index is 2.19. The number of nitrogens with one attached hydrogen (secondary N) is 2. The highest BCUT2D eigenvalue weighted by atomic mass is 16.1. The van der Waals surface area contributed by atoms with E-state index in [2.05, 4.69) is 24.1 Å². The van der Waals surface area contributed by atoms with Gasteiger partial charge in [0.2, 0.25) is 0 Å². The van der Waals surface area contributed by atoms with Gasteiger partial charge in [-0.1, -0.05) is 6.92 Å². The highest BCUT2D eigenvalue weighted by molar-refractivity contribution is 5.49. The van der Waals surface area contributed by atoms with Crippen LogP contribution in [0.4, 0.5) is 5.69 Å². The van der Waals surface area contributed by atoms with E-state index in [1.807, 2.05) is 24.3 Å². The first-order valence-corrected chi connectivity index (χ1v) is 5.83. The van der Waals surface area contributed by atoms with Gasteiger partial charge in [-0.3, -0.25) is 4.57 Å². The molecule has 0 spiro atoms. The molecule has 17 heavy (non-hydrogen) atoms. The van der Waals surface area contributed by atoms with Crippen molar-refractivity contribution in [3.8, 4) is 5.69 Å². The fourth-order valence-electron chi connectivity index (χ4n) is 1.63. The molecule has 2 rings (SSSR count). The third-order valence-corrected chi connectivity index (χ3v) is 2.82. The number of benzene rings is 1. The molecule has 0 radical (unpaired) electrons. The van der Waals surface area contributed by atoms with Gasteiger partial charge in [0.1, 0.15) is 0 Å². The van der Waals surface area contributed by atoms with Crippen LogP contribution < -0.4 is 11.0 Å². The fraction of sp³-hybridized carbons (Fsp3) is 0.308. The van der Waals surface area contributed by atoms with E-state index in [1.54, 1.807) is 17.0 Å². The number of hydrogen-bond acceptors (Lipinski definition) is 2. The molecule has 0 saturated heterocycles. The summed E-state index contributed by atoms with van der Waals surface area (Å²) in [6.07, 6.45) is 4.44. The summed E-state index contributed by atoms with van der Waals surface area (Å²) >= 11 is 0. The van der Waals surface area contributed by atoms with Gasteiger partial charge in [-0.05, 0) is 37.6 Å². The molecule has 2 N–H and O–H groups in total. The minimum atomic E-state index is -0.118. The van der Waals surface area contributed by atoms with Crippen LogP contribution in [0.25, 0.3) is 5.69 Å². The normalized spacial score (nSPS) is 12.4. The monoisotopic (exact) mass is 231 g/mol. The van der Waals surface area contributed by atoms with Crippen LogP contribution in [0, 0.1) is 0 Å². The zero-order valence-corrected chi connectivity index (χ0v) is 10.1. The highest BCUT2D eigenvalue weighted by Crippen LogP contribution is 2.13. The summed E-state index contributed by atoms with van der Waals surface area (Å²) in [6, 6.07) is 8.29. The van der Waals surface area contributed by atoms with Crippen molar-refractivity contribution in [2.75, 3.05) is 5.32 Å². The molecule has 0 saturated carbocycles. The zero-order valence-electron chi connectivity index (χ0n) is 10.1. The Morgan fingerprint density at radius 1 is 1.35 bits per heavy atom. The largest absolute Gasteiger partial charge is 0.383 e. The Morgan fingerprint density at radius 3 is 2.59 bits per heavy atom. The molecule has 1 atom stereocenters. The van der Waals surface area contributed by atoms with Crippen LogP contribution in [0.2, 0.25) is 0 Å². The summed E-state index contributed by atoms with van der Waals surface area (Å²) in [7, 11) is 0. The van der Waals surface area contributed by atoms with E-state index in [9.17, 15) is 4.79 Å². The van der Waals surface area contributed by atoms with Crippen LogP contribution in [0.5, 0.6) is 0 Å². The molecule has 0 fully saturated rings. The first-order chi connectivity index (χ1) is 8.20. The Hall–Kier alpha value is -1.97. The summed E-state index contributed by atoms with van der Waals surface area (Å²) < 4.78 is 1.58. The van der Waals surface area contributed by atoms with Crippen molar-refractivity contribution in [1.82, 2.24) is 9.55 Å². The second kappa shape index (κ2) is 4.91. The molecule has 0 aliphatic heterocycles. The molecule has 0 aliphatic carbocycles. The van der Waals surface area contributed by atoms with E-state index in [0.717, 1.165) is 17.8 Å². The van der Waals surface area contributed by atoms with Gasteiger partial charge in [0.25, 0.3) is 0 Å². The van der Waals surface area contributed by atoms with Gasteiger partial charge in [0.15, 0.2) is 0 Å². The Kier molecular flexibility index (Phi) is 3.32. The average molecular weight is 231 g/mol. The topological polar surface area (TPSA) is 49.8 Å². The van der Waals surface area contributed by atoms with E-state index in [4.69, 9.17) is 0 Å². The van der Waals surface area contributed by atoms with Gasteiger partial charge in [0, 0.05) is 24.1 Å². The molecule has 1 heterocycles. The Bertz CT molecular complexity index is 524. The third-order valence-electron chi connectivity index (χ3n) is 2.82. The van der Waals surface area contributed by atoms with Crippen molar-refractivity contribution in [3.05, 3.63) is 47.1 Å². The maximum Gasteiger partial charge on any atom is 0.330 e. The number of rotatable bonds is 4. The molecular formula is C13H17N3O. The molecule has 4 nitrogen and oxygen atoms in total. The Morgan fingerprint density at radius 2 is 2.06 bits per heavy atom. The van der Waals surface area contributed by atoms with Gasteiger partial charge in [0.05, 0.1) is 5.69 Å². The minimum Gasteiger partial charge on any atom is -0.383 e. The van der Waals surface area contributed by atoms with Crippen molar-refractivity contribution < 1.29 is 0 Å². The predicted octanol–water partition coefficient (Wildman–Crippen LogP) is 2.38. The van der Waals surface area contributed by atoms with Crippen molar-refractivity contribution >= 4 is 5.69 Å². The first-order valence-electron chi connectivity index (χ1n) is 5.83. The molecule has 0 bridgehead atoms. The van der Waals surface area contributed by atoms with E-state index in [0.29, 0.717) is 6.04 Å². The summed E-state index contributed by atoms with van der Waals surface area (Å²) in [6.45, 7) is 4.29. The molecule has 1 aromatic heterocycles. The average Bonchev–Trinajstić information content (AvgIpc) is 2.76. The first kappa shape index (κ1) is 11.5. The lowest BCUT2D eigenvalue weighted by Gasteiger charge is -2.13. The molecule has 1 aromatic carbocycles. The standard InChI is InChI=1S/C13H17N3O/c1-3-10(2)15-11-4-6-12(7-5-11)16-9-8-14-13(16)17/h4-10,15H,3H2,1-2H3,(H,14,17). The van der Waals surface area contributed by atoms with Crippen molar-refractivity contribution in [2.45, 2.75) is 26.3 Å². The lowest BCUT2D eigenvalue weighted by Crippen LogP contribution is -2.15. The van der Waals surface area contributed by atoms with Gasteiger partial charge in [-0.2, -0.15) is 0 Å². The number of aromatic nitrogens is 2. The van der Waals surface area contributed by atoms with Crippen molar-refractivity contribution in [1.29, 1.82) is 0 Å². The number of hydrogen-bond donors (Lipinski definition) is 2.